The van der Waals surface area contributed by atoms with Crippen LogP contribution in [-0.2, 0) is 11.3 Å². The van der Waals surface area contributed by atoms with E-state index in [0.717, 1.165) is 23.6 Å². The Morgan fingerprint density at radius 1 is 1.39 bits per heavy atom. The number of benzene rings is 1. The maximum Gasteiger partial charge on any atom is 0.236 e. The van der Waals surface area contributed by atoms with Gasteiger partial charge in [0.2, 0.25) is 11.1 Å². The molecule has 1 aromatic heterocycles. The third-order valence-electron chi connectivity index (χ3n) is 3.89. The van der Waals surface area contributed by atoms with Gasteiger partial charge in [0.05, 0.1) is 11.3 Å². The van der Waals surface area contributed by atoms with Gasteiger partial charge in [-0.3, -0.25) is 4.79 Å². The van der Waals surface area contributed by atoms with Gasteiger partial charge in [-0.1, -0.05) is 42.1 Å². The summed E-state index contributed by atoms with van der Waals surface area (Å²) in [5.74, 6) is 0.117. The predicted octanol–water partition coefficient (Wildman–Crippen LogP) is 2.54. The molecule has 1 aromatic carbocycles. The topological polar surface area (TPSA) is 63.9 Å². The molecule has 1 aliphatic rings. The van der Waals surface area contributed by atoms with E-state index in [1.54, 1.807) is 0 Å². The number of hydrogen-bond donors (Lipinski definition) is 0. The van der Waals surface area contributed by atoms with Crippen molar-refractivity contribution in [1.82, 2.24) is 25.1 Å². The number of nitrogens with zero attached hydrogens (tertiary/aromatic N) is 5. The molecule has 6 nitrogen and oxygen atoms in total. The van der Waals surface area contributed by atoms with E-state index in [4.69, 9.17) is 0 Å². The predicted molar refractivity (Wildman–Crippen MR) is 88.9 cm³/mol. The number of aromatic nitrogens is 4. The van der Waals surface area contributed by atoms with E-state index >= 15 is 0 Å². The van der Waals surface area contributed by atoms with Crippen molar-refractivity contribution >= 4 is 17.7 Å². The molecule has 3 rings (SSSR count). The van der Waals surface area contributed by atoms with Gasteiger partial charge in [0, 0.05) is 13.1 Å². The molecule has 1 heterocycles. The van der Waals surface area contributed by atoms with E-state index in [-0.39, 0.29) is 11.2 Å². The number of rotatable bonds is 7. The lowest BCUT2D eigenvalue weighted by Crippen LogP contribution is -2.36. The largest absolute Gasteiger partial charge is 0.338 e. The molecule has 0 radical (unpaired) electrons. The zero-order chi connectivity index (χ0) is 16.2. The van der Waals surface area contributed by atoms with Crippen molar-refractivity contribution in [2.45, 2.75) is 49.7 Å². The van der Waals surface area contributed by atoms with Gasteiger partial charge in [0.1, 0.15) is 0 Å². The molecule has 1 atom stereocenters. The Balaban J connectivity index is 1.64. The summed E-state index contributed by atoms with van der Waals surface area (Å²) in [7, 11) is 0. The Morgan fingerprint density at radius 2 is 2.13 bits per heavy atom. The molecule has 0 spiro atoms. The van der Waals surface area contributed by atoms with Crippen molar-refractivity contribution in [2.24, 2.45) is 0 Å². The van der Waals surface area contributed by atoms with Crippen LogP contribution in [0.5, 0.6) is 0 Å². The zero-order valence-electron chi connectivity index (χ0n) is 13.4. The summed E-state index contributed by atoms with van der Waals surface area (Å²) in [4.78, 5) is 14.6. The Labute approximate surface area is 140 Å². The van der Waals surface area contributed by atoms with E-state index in [1.165, 1.54) is 11.8 Å². The van der Waals surface area contributed by atoms with Gasteiger partial charge in [-0.05, 0) is 42.7 Å². The molecular weight excluding hydrogens is 310 g/mol. The van der Waals surface area contributed by atoms with Crippen molar-refractivity contribution in [3.63, 3.8) is 0 Å². The standard InChI is InChI=1S/C16H21N5OS/c1-3-20(11-13-7-5-4-6-8-13)15(22)12(2)23-16-17-18-19-21(16)14-9-10-14/h4-8,12,14H,3,9-11H2,1-2H3. The average molecular weight is 331 g/mol. The highest BCUT2D eigenvalue weighted by Crippen LogP contribution is 2.37. The molecule has 1 fully saturated rings. The van der Waals surface area contributed by atoms with Crippen LogP contribution in [0.25, 0.3) is 0 Å². The second-order valence-electron chi connectivity index (χ2n) is 5.74. The second kappa shape index (κ2) is 7.12. The molecule has 1 aliphatic carbocycles. The molecule has 23 heavy (non-hydrogen) atoms. The summed E-state index contributed by atoms with van der Waals surface area (Å²) in [6.45, 7) is 5.25. The van der Waals surface area contributed by atoms with Gasteiger partial charge in [0.15, 0.2) is 0 Å². The second-order valence-corrected chi connectivity index (χ2v) is 7.04. The minimum Gasteiger partial charge on any atom is -0.338 e. The maximum atomic E-state index is 12.7. The lowest BCUT2D eigenvalue weighted by molar-refractivity contribution is -0.130. The summed E-state index contributed by atoms with van der Waals surface area (Å²) in [6.07, 6.45) is 2.24. The number of carbonyl (C=O) groups excluding carboxylic acids is 1. The van der Waals surface area contributed by atoms with Crippen molar-refractivity contribution < 1.29 is 4.79 Å². The molecule has 0 N–H and O–H groups in total. The van der Waals surface area contributed by atoms with Crippen LogP contribution in [0.1, 0.15) is 38.3 Å². The van der Waals surface area contributed by atoms with E-state index in [0.29, 0.717) is 19.1 Å². The first kappa shape index (κ1) is 16.0. The Hall–Kier alpha value is -1.89. The van der Waals surface area contributed by atoms with E-state index < -0.39 is 0 Å². The van der Waals surface area contributed by atoms with Crippen LogP contribution in [0.15, 0.2) is 35.5 Å². The van der Waals surface area contributed by atoms with Crippen molar-refractivity contribution in [2.75, 3.05) is 6.54 Å². The highest BCUT2D eigenvalue weighted by molar-refractivity contribution is 8.00. The van der Waals surface area contributed by atoms with Crippen molar-refractivity contribution in [3.05, 3.63) is 35.9 Å². The maximum absolute atomic E-state index is 12.7. The Morgan fingerprint density at radius 3 is 2.78 bits per heavy atom. The molecule has 2 aromatic rings. The monoisotopic (exact) mass is 331 g/mol. The van der Waals surface area contributed by atoms with Crippen LogP contribution in [0.2, 0.25) is 0 Å². The van der Waals surface area contributed by atoms with Gasteiger partial charge in [0.25, 0.3) is 0 Å². The lowest BCUT2D eigenvalue weighted by atomic mass is 10.2. The smallest absolute Gasteiger partial charge is 0.236 e. The average Bonchev–Trinajstić information content (AvgIpc) is 3.32. The van der Waals surface area contributed by atoms with Crippen LogP contribution in [0.4, 0.5) is 0 Å². The molecular formula is C16H21N5OS. The third-order valence-corrected chi connectivity index (χ3v) is 4.93. The summed E-state index contributed by atoms with van der Waals surface area (Å²) in [5.41, 5.74) is 1.14. The van der Waals surface area contributed by atoms with Crippen LogP contribution in [-0.4, -0.2) is 42.8 Å². The minimum atomic E-state index is -0.206. The Kier molecular flexibility index (Phi) is 4.95. The first-order valence-electron chi connectivity index (χ1n) is 7.96. The summed E-state index contributed by atoms with van der Waals surface area (Å²) in [5, 5.41) is 12.4. The quantitative estimate of drug-likeness (QED) is 0.730. The fourth-order valence-corrected chi connectivity index (χ4v) is 3.37. The van der Waals surface area contributed by atoms with Gasteiger partial charge < -0.3 is 4.90 Å². The molecule has 122 valence electrons. The first-order valence-corrected chi connectivity index (χ1v) is 8.84. The molecule has 0 saturated heterocycles. The zero-order valence-corrected chi connectivity index (χ0v) is 14.2. The fraction of sp³-hybridized carbons (Fsp3) is 0.500. The molecule has 7 heteroatoms. The van der Waals surface area contributed by atoms with Gasteiger partial charge in [-0.15, -0.1) is 5.10 Å². The van der Waals surface area contributed by atoms with Crippen LogP contribution < -0.4 is 0 Å². The number of thioether (sulfide) groups is 1. The number of hydrogen-bond acceptors (Lipinski definition) is 5. The number of amides is 1. The van der Waals surface area contributed by atoms with Crippen molar-refractivity contribution in [3.8, 4) is 0 Å². The molecule has 0 aliphatic heterocycles. The van der Waals surface area contributed by atoms with Gasteiger partial charge in [-0.2, -0.15) is 0 Å². The highest BCUT2D eigenvalue weighted by atomic mass is 32.2. The SMILES string of the molecule is CCN(Cc1ccccc1)C(=O)C(C)Sc1nnnn1C1CC1. The summed E-state index contributed by atoms with van der Waals surface area (Å²) in [6, 6.07) is 10.5. The van der Waals surface area contributed by atoms with E-state index in [9.17, 15) is 4.79 Å². The third kappa shape index (κ3) is 3.90. The molecule has 1 amide bonds. The van der Waals surface area contributed by atoms with E-state index in [1.807, 2.05) is 53.8 Å². The molecule has 1 saturated carbocycles. The Bertz CT molecular complexity index is 656. The molecule has 0 bridgehead atoms. The minimum absolute atomic E-state index is 0.117. The van der Waals surface area contributed by atoms with E-state index in [2.05, 4.69) is 15.5 Å². The van der Waals surface area contributed by atoms with Crippen LogP contribution in [0.3, 0.4) is 0 Å². The fourth-order valence-electron chi connectivity index (χ4n) is 2.43. The normalized spacial score (nSPS) is 15.4. The number of tetrazole rings is 1. The van der Waals surface area contributed by atoms with Crippen molar-refractivity contribution in [1.29, 1.82) is 0 Å². The van der Waals surface area contributed by atoms with Gasteiger partial charge in [-0.25, -0.2) is 4.68 Å². The van der Waals surface area contributed by atoms with Crippen LogP contribution >= 0.6 is 11.8 Å². The number of carbonyl (C=O) groups is 1. The first-order chi connectivity index (χ1) is 11.2. The molecule has 1 unspecified atom stereocenters. The summed E-state index contributed by atoms with van der Waals surface area (Å²) < 4.78 is 1.85. The van der Waals surface area contributed by atoms with Gasteiger partial charge >= 0.3 is 0 Å². The highest BCUT2D eigenvalue weighted by Gasteiger charge is 2.30. The van der Waals surface area contributed by atoms with Crippen LogP contribution in [0, 0.1) is 0 Å². The lowest BCUT2D eigenvalue weighted by Gasteiger charge is -2.24. The summed E-state index contributed by atoms with van der Waals surface area (Å²) >= 11 is 1.44.